The number of esters is 2. The average molecular weight is 562 g/mol. The van der Waals surface area contributed by atoms with Crippen LogP contribution in [0, 0.1) is 0 Å². The Morgan fingerprint density at radius 1 is 1.10 bits per heavy atom. The van der Waals surface area contributed by atoms with Crippen molar-refractivity contribution in [3.63, 3.8) is 0 Å². The highest BCUT2D eigenvalue weighted by atomic mass is 19.4. The summed E-state index contributed by atoms with van der Waals surface area (Å²) in [5.74, 6) is -3.76. The van der Waals surface area contributed by atoms with Crippen molar-refractivity contribution in [2.75, 3.05) is 46.8 Å². The molecule has 0 aliphatic heterocycles. The SMILES string of the molecule is CCN(CCN(C)C)C(=O)CNCc1cc(C(=O)OC(CCNC(=O)C(F)(F)F)CC(=O)OC(C)C)ccn1. The lowest BCUT2D eigenvalue weighted by Crippen LogP contribution is -2.41. The van der Waals surface area contributed by atoms with Gasteiger partial charge in [-0.05, 0) is 47.0 Å². The number of halogens is 3. The number of carbonyl (C=O) groups excluding carboxylic acids is 4. The van der Waals surface area contributed by atoms with Gasteiger partial charge >= 0.3 is 24.0 Å². The third kappa shape index (κ3) is 13.9. The predicted octanol–water partition coefficient (Wildman–Crippen LogP) is 1.52. The lowest BCUT2D eigenvalue weighted by Gasteiger charge is -2.23. The molecule has 0 aliphatic rings. The van der Waals surface area contributed by atoms with Crippen LogP contribution in [-0.2, 0) is 30.4 Å². The molecule has 0 saturated heterocycles. The van der Waals surface area contributed by atoms with Crippen molar-refractivity contribution in [3.8, 4) is 0 Å². The fraction of sp³-hybridized carbons (Fsp3) is 0.640. The molecule has 0 bridgehead atoms. The topological polar surface area (TPSA) is 130 Å². The second kappa shape index (κ2) is 16.6. The summed E-state index contributed by atoms with van der Waals surface area (Å²) >= 11 is 0. The molecule has 2 amide bonds. The van der Waals surface area contributed by atoms with Gasteiger partial charge in [-0.15, -0.1) is 0 Å². The molecule has 0 aromatic carbocycles. The van der Waals surface area contributed by atoms with Gasteiger partial charge in [-0.3, -0.25) is 19.4 Å². The van der Waals surface area contributed by atoms with E-state index < -0.39 is 49.2 Å². The monoisotopic (exact) mass is 561 g/mol. The normalized spacial score (nSPS) is 12.3. The fourth-order valence-electron chi connectivity index (χ4n) is 3.26. The summed E-state index contributed by atoms with van der Waals surface area (Å²) in [7, 11) is 3.84. The second-order valence-corrected chi connectivity index (χ2v) is 9.23. The Labute approximate surface area is 226 Å². The number of pyridine rings is 1. The molecule has 0 spiro atoms. The van der Waals surface area contributed by atoms with Crippen molar-refractivity contribution >= 4 is 23.8 Å². The third-order valence-corrected chi connectivity index (χ3v) is 5.23. The molecule has 1 aromatic rings. The molecule has 2 N–H and O–H groups in total. The largest absolute Gasteiger partial charge is 0.471 e. The number of nitrogens with one attached hydrogen (secondary N) is 2. The van der Waals surface area contributed by atoms with Crippen LogP contribution in [0.25, 0.3) is 0 Å². The van der Waals surface area contributed by atoms with Crippen LogP contribution in [0.3, 0.4) is 0 Å². The maximum absolute atomic E-state index is 12.7. The zero-order valence-corrected chi connectivity index (χ0v) is 23.0. The summed E-state index contributed by atoms with van der Waals surface area (Å²) < 4.78 is 47.7. The van der Waals surface area contributed by atoms with Crippen LogP contribution in [0.5, 0.6) is 0 Å². The number of carbonyl (C=O) groups is 4. The first-order valence-corrected chi connectivity index (χ1v) is 12.6. The fourth-order valence-corrected chi connectivity index (χ4v) is 3.26. The first-order chi connectivity index (χ1) is 18.2. The summed E-state index contributed by atoms with van der Waals surface area (Å²) in [6.07, 6.45) is -5.93. The maximum atomic E-state index is 12.7. The molecule has 1 rings (SSSR count). The number of rotatable bonds is 16. The molecule has 1 aromatic heterocycles. The van der Waals surface area contributed by atoms with Crippen molar-refractivity contribution in [3.05, 3.63) is 29.6 Å². The lowest BCUT2D eigenvalue weighted by molar-refractivity contribution is -0.173. The van der Waals surface area contributed by atoms with Gasteiger partial charge in [-0.25, -0.2) is 4.79 Å². The van der Waals surface area contributed by atoms with E-state index in [1.807, 2.05) is 25.9 Å². The van der Waals surface area contributed by atoms with E-state index in [0.717, 1.165) is 6.54 Å². The minimum Gasteiger partial charge on any atom is -0.463 e. The summed E-state index contributed by atoms with van der Waals surface area (Å²) in [5.41, 5.74) is 0.539. The van der Waals surface area contributed by atoms with E-state index in [2.05, 4.69) is 10.3 Å². The van der Waals surface area contributed by atoms with Gasteiger partial charge in [0, 0.05) is 45.3 Å². The van der Waals surface area contributed by atoms with Crippen LogP contribution in [-0.4, -0.2) is 104 Å². The molecular formula is C25H38F3N5O6. The molecule has 0 radical (unpaired) electrons. The van der Waals surface area contributed by atoms with E-state index in [1.165, 1.54) is 18.3 Å². The van der Waals surface area contributed by atoms with E-state index in [9.17, 15) is 32.3 Å². The number of aromatic nitrogens is 1. The zero-order chi connectivity index (χ0) is 29.6. The van der Waals surface area contributed by atoms with Gasteiger partial charge in [0.1, 0.15) is 6.10 Å². The summed E-state index contributed by atoms with van der Waals surface area (Å²) in [6.45, 7) is 6.80. The number of amides is 2. The minimum absolute atomic E-state index is 0.0707. The first-order valence-electron chi connectivity index (χ1n) is 12.6. The van der Waals surface area contributed by atoms with Crippen molar-refractivity contribution in [1.82, 2.24) is 25.4 Å². The zero-order valence-electron chi connectivity index (χ0n) is 23.0. The molecule has 14 heteroatoms. The standard InChI is InChI=1S/C25H38F3N5O6/c1-6-33(12-11-32(4)5)21(34)16-29-15-19-13-18(7-9-30-19)23(36)39-20(14-22(35)38-17(2)3)8-10-31-24(37)25(26,27)28/h7,9,13,17,20,29H,6,8,10-12,14-16H2,1-5H3,(H,31,37). The maximum Gasteiger partial charge on any atom is 0.471 e. The van der Waals surface area contributed by atoms with Crippen LogP contribution in [0.2, 0.25) is 0 Å². The summed E-state index contributed by atoms with van der Waals surface area (Å²) in [5, 5.41) is 4.68. The molecule has 0 fully saturated rings. The van der Waals surface area contributed by atoms with Gasteiger partial charge in [0.25, 0.3) is 0 Å². The van der Waals surface area contributed by atoms with Gasteiger partial charge in [0.2, 0.25) is 5.91 Å². The van der Waals surface area contributed by atoms with E-state index >= 15 is 0 Å². The van der Waals surface area contributed by atoms with E-state index in [0.29, 0.717) is 18.8 Å². The van der Waals surface area contributed by atoms with Gasteiger partial charge in [-0.2, -0.15) is 13.2 Å². The van der Waals surface area contributed by atoms with Crippen LogP contribution in [0.1, 0.15) is 49.7 Å². The molecular weight excluding hydrogens is 523 g/mol. The van der Waals surface area contributed by atoms with Gasteiger partial charge < -0.3 is 29.9 Å². The number of ether oxygens (including phenoxy) is 2. The highest BCUT2D eigenvalue weighted by Gasteiger charge is 2.38. The van der Waals surface area contributed by atoms with Gasteiger partial charge in [-0.1, -0.05) is 0 Å². The number of hydrogen-bond donors (Lipinski definition) is 2. The number of alkyl halides is 3. The van der Waals surface area contributed by atoms with Crippen LogP contribution >= 0.6 is 0 Å². The third-order valence-electron chi connectivity index (χ3n) is 5.23. The first kappa shape index (κ1) is 33.8. The smallest absolute Gasteiger partial charge is 0.463 e. The number of nitrogens with zero attached hydrogens (tertiary/aromatic N) is 3. The minimum atomic E-state index is -5.06. The molecule has 220 valence electrons. The molecule has 0 aliphatic carbocycles. The van der Waals surface area contributed by atoms with Crippen molar-refractivity contribution < 1.29 is 41.8 Å². The predicted molar refractivity (Wildman–Crippen MR) is 135 cm³/mol. The Balaban J connectivity index is 2.76. The van der Waals surface area contributed by atoms with Gasteiger partial charge in [0.05, 0.1) is 30.3 Å². The van der Waals surface area contributed by atoms with E-state index in [1.54, 1.807) is 24.1 Å². The molecule has 1 atom stereocenters. The van der Waals surface area contributed by atoms with E-state index in [4.69, 9.17) is 9.47 Å². The Morgan fingerprint density at radius 3 is 2.38 bits per heavy atom. The Kier molecular flexibility index (Phi) is 14.4. The second-order valence-electron chi connectivity index (χ2n) is 9.23. The molecule has 1 unspecified atom stereocenters. The molecule has 0 saturated carbocycles. The Hall–Kier alpha value is -3.26. The van der Waals surface area contributed by atoms with Crippen molar-refractivity contribution in [2.24, 2.45) is 0 Å². The highest BCUT2D eigenvalue weighted by molar-refractivity contribution is 5.89. The molecule has 11 nitrogen and oxygen atoms in total. The highest BCUT2D eigenvalue weighted by Crippen LogP contribution is 2.15. The quantitative estimate of drug-likeness (QED) is 0.289. The number of likely N-dealkylation sites (N-methyl/N-ethyl adjacent to an activating group) is 2. The number of hydrogen-bond acceptors (Lipinski definition) is 9. The Bertz CT molecular complexity index is 958. The van der Waals surface area contributed by atoms with Gasteiger partial charge in [0.15, 0.2) is 0 Å². The molecule has 39 heavy (non-hydrogen) atoms. The van der Waals surface area contributed by atoms with Crippen LogP contribution < -0.4 is 10.6 Å². The van der Waals surface area contributed by atoms with Crippen molar-refractivity contribution in [2.45, 2.75) is 58.5 Å². The van der Waals surface area contributed by atoms with E-state index in [-0.39, 0.29) is 31.0 Å². The summed E-state index contributed by atoms with van der Waals surface area (Å²) in [6, 6.07) is 2.82. The molecule has 1 heterocycles. The lowest BCUT2D eigenvalue weighted by atomic mass is 10.1. The van der Waals surface area contributed by atoms with Crippen LogP contribution in [0.4, 0.5) is 13.2 Å². The van der Waals surface area contributed by atoms with Crippen molar-refractivity contribution in [1.29, 1.82) is 0 Å². The average Bonchev–Trinajstić information content (AvgIpc) is 2.83. The van der Waals surface area contributed by atoms with Crippen LogP contribution in [0.15, 0.2) is 18.3 Å². The Morgan fingerprint density at radius 2 is 1.79 bits per heavy atom. The summed E-state index contributed by atoms with van der Waals surface area (Å²) in [4.78, 5) is 56.2.